The molecule has 1 unspecified atom stereocenters. The van der Waals surface area contributed by atoms with Gasteiger partial charge in [-0.3, -0.25) is 4.99 Å². The van der Waals surface area contributed by atoms with E-state index in [9.17, 15) is 0 Å². The maximum atomic E-state index is 6.07. The molecule has 1 atom stereocenters. The van der Waals surface area contributed by atoms with E-state index in [0.717, 1.165) is 43.5 Å². The van der Waals surface area contributed by atoms with Crippen LogP contribution in [0.1, 0.15) is 17.5 Å². The van der Waals surface area contributed by atoms with Crippen molar-refractivity contribution in [3.05, 3.63) is 29.3 Å². The quantitative estimate of drug-likeness (QED) is 0.430. The number of methoxy groups -OCH3 is 1. The summed E-state index contributed by atoms with van der Waals surface area (Å²) in [5.74, 6) is 2.18. The molecule has 2 N–H and O–H groups in total. The summed E-state index contributed by atoms with van der Waals surface area (Å²) in [6.45, 7) is 6.45. The topological polar surface area (TPSA) is 64.1 Å². The van der Waals surface area contributed by atoms with Gasteiger partial charge < -0.3 is 24.8 Å². The number of aryl methyl sites for hydroxylation is 1. The fraction of sp³-hybridized carbons (Fsp3) is 0.611. The number of rotatable bonds is 8. The van der Waals surface area contributed by atoms with E-state index in [4.69, 9.17) is 14.2 Å². The molecule has 0 spiro atoms. The van der Waals surface area contributed by atoms with E-state index < -0.39 is 0 Å². The van der Waals surface area contributed by atoms with Crippen molar-refractivity contribution >= 4 is 5.96 Å². The fourth-order valence-electron chi connectivity index (χ4n) is 2.54. The Balaban J connectivity index is 1.90. The van der Waals surface area contributed by atoms with Crippen molar-refractivity contribution < 1.29 is 14.2 Å². The minimum atomic E-state index is 0.495. The first-order valence-electron chi connectivity index (χ1n) is 8.46. The van der Waals surface area contributed by atoms with Crippen LogP contribution >= 0.6 is 0 Å². The smallest absolute Gasteiger partial charge is 0.191 e. The van der Waals surface area contributed by atoms with Gasteiger partial charge in [0.25, 0.3) is 0 Å². The number of guanidine groups is 1. The lowest BCUT2D eigenvalue weighted by Crippen LogP contribution is -2.38. The van der Waals surface area contributed by atoms with Crippen LogP contribution in [0.25, 0.3) is 0 Å². The number of hydrogen-bond acceptors (Lipinski definition) is 4. The van der Waals surface area contributed by atoms with Crippen molar-refractivity contribution in [3.63, 3.8) is 0 Å². The van der Waals surface area contributed by atoms with Gasteiger partial charge in [-0.2, -0.15) is 0 Å². The third-order valence-corrected chi connectivity index (χ3v) is 3.99. The molecule has 0 aromatic heterocycles. The summed E-state index contributed by atoms with van der Waals surface area (Å²) in [6.07, 6.45) is 1.08. The molecule has 1 aliphatic heterocycles. The lowest BCUT2D eigenvalue weighted by molar-refractivity contribution is 0.166. The SMILES string of the molecule is CN=C(NCCOC)NCc1ccc(C)cc1OCC1CCOC1. The van der Waals surface area contributed by atoms with Crippen LogP contribution in [0.4, 0.5) is 0 Å². The third-order valence-electron chi connectivity index (χ3n) is 3.99. The Labute approximate surface area is 144 Å². The first-order valence-corrected chi connectivity index (χ1v) is 8.46. The highest BCUT2D eigenvalue weighted by Gasteiger charge is 2.17. The Kier molecular flexibility index (Phi) is 7.85. The first-order chi connectivity index (χ1) is 11.7. The molecule has 6 heteroatoms. The van der Waals surface area contributed by atoms with Gasteiger partial charge in [0, 0.05) is 45.3 Å². The van der Waals surface area contributed by atoms with Crippen LogP contribution in [-0.2, 0) is 16.0 Å². The Bertz CT molecular complexity index is 528. The van der Waals surface area contributed by atoms with Gasteiger partial charge in [-0.25, -0.2) is 0 Å². The molecule has 1 aliphatic rings. The second kappa shape index (κ2) is 10.2. The van der Waals surface area contributed by atoms with E-state index in [1.54, 1.807) is 14.2 Å². The van der Waals surface area contributed by atoms with E-state index in [1.165, 1.54) is 5.56 Å². The molecule has 134 valence electrons. The molecule has 0 bridgehead atoms. The van der Waals surface area contributed by atoms with Crippen LogP contribution in [0.15, 0.2) is 23.2 Å². The highest BCUT2D eigenvalue weighted by molar-refractivity contribution is 5.79. The average molecular weight is 335 g/mol. The molecule has 1 aromatic rings. The normalized spacial score (nSPS) is 17.8. The molecule has 1 heterocycles. The van der Waals surface area contributed by atoms with Crippen molar-refractivity contribution in [2.75, 3.05) is 47.1 Å². The summed E-state index contributed by atoms with van der Waals surface area (Å²) >= 11 is 0. The van der Waals surface area contributed by atoms with Crippen LogP contribution < -0.4 is 15.4 Å². The largest absolute Gasteiger partial charge is 0.493 e. The van der Waals surface area contributed by atoms with Crippen molar-refractivity contribution in [1.29, 1.82) is 0 Å². The molecule has 0 saturated carbocycles. The van der Waals surface area contributed by atoms with Gasteiger partial charge >= 0.3 is 0 Å². The van der Waals surface area contributed by atoms with E-state index >= 15 is 0 Å². The summed E-state index contributed by atoms with van der Waals surface area (Å²) in [5.41, 5.74) is 2.31. The standard InChI is InChI=1S/C18H29N3O3/c1-14-4-5-16(11-21-18(19-2)20-7-9-22-3)17(10-14)24-13-15-6-8-23-12-15/h4-5,10,15H,6-9,11-13H2,1-3H3,(H2,19,20,21). The van der Waals surface area contributed by atoms with Gasteiger partial charge in [0.05, 0.1) is 19.8 Å². The molecule has 1 saturated heterocycles. The highest BCUT2D eigenvalue weighted by atomic mass is 16.5. The fourth-order valence-corrected chi connectivity index (χ4v) is 2.54. The van der Waals surface area contributed by atoms with Gasteiger partial charge in [0.2, 0.25) is 0 Å². The molecular formula is C18H29N3O3. The zero-order valence-corrected chi connectivity index (χ0v) is 14.9. The van der Waals surface area contributed by atoms with Crippen molar-refractivity contribution in [1.82, 2.24) is 10.6 Å². The second-order valence-electron chi connectivity index (χ2n) is 6.00. The lowest BCUT2D eigenvalue weighted by Gasteiger charge is -2.16. The molecular weight excluding hydrogens is 306 g/mol. The minimum absolute atomic E-state index is 0.495. The molecule has 1 aromatic carbocycles. The van der Waals surface area contributed by atoms with Crippen LogP contribution in [0.5, 0.6) is 5.75 Å². The van der Waals surface area contributed by atoms with Gasteiger partial charge in [-0.05, 0) is 25.0 Å². The number of hydrogen-bond donors (Lipinski definition) is 2. The molecule has 2 rings (SSSR count). The average Bonchev–Trinajstić information content (AvgIpc) is 3.11. The first kappa shape index (κ1) is 18.5. The van der Waals surface area contributed by atoms with Gasteiger partial charge in [0.1, 0.15) is 5.75 Å². The number of nitrogens with one attached hydrogen (secondary N) is 2. The summed E-state index contributed by atoms with van der Waals surface area (Å²) in [5, 5.41) is 6.52. The summed E-state index contributed by atoms with van der Waals surface area (Å²) in [6, 6.07) is 6.29. The van der Waals surface area contributed by atoms with Gasteiger partial charge in [-0.1, -0.05) is 12.1 Å². The van der Waals surface area contributed by atoms with E-state index in [-0.39, 0.29) is 0 Å². The van der Waals surface area contributed by atoms with E-state index in [0.29, 0.717) is 25.7 Å². The number of ether oxygens (including phenoxy) is 3. The molecule has 0 radical (unpaired) electrons. The third kappa shape index (κ3) is 6.02. The number of nitrogens with zero attached hydrogens (tertiary/aromatic N) is 1. The van der Waals surface area contributed by atoms with Gasteiger partial charge in [0.15, 0.2) is 5.96 Å². The van der Waals surface area contributed by atoms with Crippen LogP contribution in [0, 0.1) is 12.8 Å². The Morgan fingerprint density at radius 1 is 1.38 bits per heavy atom. The molecule has 0 amide bonds. The highest BCUT2D eigenvalue weighted by Crippen LogP contribution is 2.22. The van der Waals surface area contributed by atoms with E-state index in [1.807, 2.05) is 0 Å². The zero-order chi connectivity index (χ0) is 17.2. The van der Waals surface area contributed by atoms with Crippen molar-refractivity contribution in [2.45, 2.75) is 19.9 Å². The van der Waals surface area contributed by atoms with Crippen LogP contribution in [0.2, 0.25) is 0 Å². The predicted molar refractivity (Wildman–Crippen MR) is 95.7 cm³/mol. The Hall–Kier alpha value is -1.79. The summed E-state index contributed by atoms with van der Waals surface area (Å²) in [4.78, 5) is 4.21. The molecule has 1 fully saturated rings. The van der Waals surface area contributed by atoms with Crippen molar-refractivity contribution in [3.8, 4) is 5.75 Å². The lowest BCUT2D eigenvalue weighted by atomic mass is 10.1. The Morgan fingerprint density at radius 3 is 2.96 bits per heavy atom. The maximum Gasteiger partial charge on any atom is 0.191 e. The predicted octanol–water partition coefficient (Wildman–Crippen LogP) is 1.72. The summed E-state index contributed by atoms with van der Waals surface area (Å²) < 4.78 is 16.5. The minimum Gasteiger partial charge on any atom is -0.493 e. The van der Waals surface area contributed by atoms with E-state index in [2.05, 4.69) is 40.7 Å². The maximum absolute atomic E-state index is 6.07. The molecule has 6 nitrogen and oxygen atoms in total. The Morgan fingerprint density at radius 2 is 2.25 bits per heavy atom. The molecule has 0 aliphatic carbocycles. The number of benzene rings is 1. The van der Waals surface area contributed by atoms with Crippen molar-refractivity contribution in [2.24, 2.45) is 10.9 Å². The number of aliphatic imine (C=N–C) groups is 1. The zero-order valence-electron chi connectivity index (χ0n) is 14.9. The van der Waals surface area contributed by atoms with Gasteiger partial charge in [-0.15, -0.1) is 0 Å². The van der Waals surface area contributed by atoms with Crippen LogP contribution in [-0.4, -0.2) is 53.1 Å². The summed E-state index contributed by atoms with van der Waals surface area (Å²) in [7, 11) is 3.44. The molecule has 24 heavy (non-hydrogen) atoms. The monoisotopic (exact) mass is 335 g/mol. The van der Waals surface area contributed by atoms with Crippen LogP contribution in [0.3, 0.4) is 0 Å². The second-order valence-corrected chi connectivity index (χ2v) is 6.00.